The third-order valence-corrected chi connectivity index (χ3v) is 5.52. The van der Waals surface area contributed by atoms with Crippen LogP contribution in [0.25, 0.3) is 6.08 Å². The summed E-state index contributed by atoms with van der Waals surface area (Å²) < 4.78 is 0.587. The van der Waals surface area contributed by atoms with Crippen LogP contribution in [-0.4, -0.2) is 10.2 Å². The number of nitrogens with zero attached hydrogens (tertiary/aromatic N) is 1. The zero-order valence-electron chi connectivity index (χ0n) is 11.6. The molecule has 1 fully saturated rings. The number of hydrogen-bond acceptors (Lipinski definition) is 4. The monoisotopic (exact) mass is 331 g/mol. The Balaban J connectivity index is 1.94. The number of anilines is 1. The molecule has 2 nitrogen and oxygen atoms in total. The first-order chi connectivity index (χ1) is 10.1. The van der Waals surface area contributed by atoms with Gasteiger partial charge in [-0.1, -0.05) is 41.7 Å². The minimum Gasteiger partial charge on any atom is -0.268 e. The summed E-state index contributed by atoms with van der Waals surface area (Å²) in [6.07, 6.45) is 1.94. The summed E-state index contributed by atoms with van der Waals surface area (Å²) in [5.74, 6) is -0.0401. The first kappa shape index (κ1) is 14.5. The van der Waals surface area contributed by atoms with E-state index in [4.69, 9.17) is 12.2 Å². The highest BCUT2D eigenvalue weighted by molar-refractivity contribution is 8.27. The fourth-order valence-electron chi connectivity index (χ4n) is 2.04. The van der Waals surface area contributed by atoms with E-state index in [0.717, 1.165) is 16.1 Å². The molecule has 3 rings (SSSR count). The molecule has 0 bridgehead atoms. The molecule has 21 heavy (non-hydrogen) atoms. The van der Waals surface area contributed by atoms with Crippen LogP contribution >= 0.6 is 35.3 Å². The first-order valence-electron chi connectivity index (χ1n) is 6.45. The van der Waals surface area contributed by atoms with Crippen LogP contribution in [-0.2, 0) is 4.79 Å². The van der Waals surface area contributed by atoms with Crippen molar-refractivity contribution in [1.29, 1.82) is 0 Å². The molecule has 2 heterocycles. The molecule has 0 spiro atoms. The average molecular weight is 331 g/mol. The van der Waals surface area contributed by atoms with Crippen molar-refractivity contribution in [1.82, 2.24) is 0 Å². The Bertz CT molecular complexity index is 743. The number of rotatable bonds is 2. The Morgan fingerprint density at radius 1 is 1.14 bits per heavy atom. The van der Waals surface area contributed by atoms with Crippen molar-refractivity contribution in [2.45, 2.75) is 13.8 Å². The van der Waals surface area contributed by atoms with Gasteiger partial charge in [-0.15, -0.1) is 11.3 Å². The Hall–Kier alpha value is -1.43. The van der Waals surface area contributed by atoms with Crippen LogP contribution in [0.15, 0.2) is 40.6 Å². The number of aryl methyl sites for hydroxylation is 2. The Kier molecular flexibility index (Phi) is 3.97. The normalized spacial score (nSPS) is 17.0. The van der Waals surface area contributed by atoms with Crippen LogP contribution in [0.4, 0.5) is 5.69 Å². The molecule has 1 amide bonds. The van der Waals surface area contributed by atoms with Gasteiger partial charge in [0.25, 0.3) is 5.91 Å². The topological polar surface area (TPSA) is 20.3 Å². The van der Waals surface area contributed by atoms with Gasteiger partial charge in [0, 0.05) is 4.88 Å². The number of thioether (sulfide) groups is 1. The van der Waals surface area contributed by atoms with Crippen LogP contribution in [0.2, 0.25) is 0 Å². The number of carbonyl (C=O) groups excluding carboxylic acids is 1. The van der Waals surface area contributed by atoms with Crippen molar-refractivity contribution in [2.24, 2.45) is 0 Å². The van der Waals surface area contributed by atoms with E-state index in [2.05, 4.69) is 6.07 Å². The van der Waals surface area contributed by atoms with E-state index in [1.165, 1.54) is 17.3 Å². The molecular weight excluding hydrogens is 318 g/mol. The maximum absolute atomic E-state index is 12.6. The van der Waals surface area contributed by atoms with E-state index in [9.17, 15) is 4.79 Å². The summed E-state index contributed by atoms with van der Waals surface area (Å²) in [6, 6.07) is 9.89. The predicted molar refractivity (Wildman–Crippen MR) is 95.9 cm³/mol. The van der Waals surface area contributed by atoms with Crippen molar-refractivity contribution in [3.63, 3.8) is 0 Å². The molecule has 5 heteroatoms. The highest BCUT2D eigenvalue weighted by atomic mass is 32.2. The van der Waals surface area contributed by atoms with E-state index < -0.39 is 0 Å². The van der Waals surface area contributed by atoms with Gasteiger partial charge >= 0.3 is 0 Å². The molecule has 0 radical (unpaired) electrons. The number of hydrogen-bond donors (Lipinski definition) is 0. The van der Waals surface area contributed by atoms with Crippen molar-refractivity contribution in [3.05, 3.63) is 56.6 Å². The van der Waals surface area contributed by atoms with Crippen LogP contribution in [0, 0.1) is 13.8 Å². The fourth-order valence-corrected chi connectivity index (χ4v) is 4.25. The molecule has 1 saturated heterocycles. The molecule has 1 aliphatic rings. The molecule has 0 atom stereocenters. The number of benzene rings is 1. The third kappa shape index (κ3) is 2.81. The van der Waals surface area contributed by atoms with Crippen LogP contribution in [0.5, 0.6) is 0 Å². The lowest BCUT2D eigenvalue weighted by molar-refractivity contribution is -0.113. The Morgan fingerprint density at radius 3 is 2.48 bits per heavy atom. The smallest absolute Gasteiger partial charge is 0.268 e. The van der Waals surface area contributed by atoms with Gasteiger partial charge in [0.05, 0.1) is 10.6 Å². The van der Waals surface area contributed by atoms with Gasteiger partial charge in [0.1, 0.15) is 0 Å². The second-order valence-electron chi connectivity index (χ2n) is 4.82. The molecular formula is C16H13NOS3. The zero-order chi connectivity index (χ0) is 15.0. The lowest BCUT2D eigenvalue weighted by Gasteiger charge is -2.14. The van der Waals surface area contributed by atoms with Gasteiger partial charge in [-0.05, 0) is 49.1 Å². The van der Waals surface area contributed by atoms with Gasteiger partial charge in [-0.25, -0.2) is 0 Å². The summed E-state index contributed by atoms with van der Waals surface area (Å²) in [6.45, 7) is 4.07. The molecule has 1 aliphatic heterocycles. The fraction of sp³-hybridized carbons (Fsp3) is 0.125. The first-order valence-corrected chi connectivity index (χ1v) is 8.55. The van der Waals surface area contributed by atoms with Crippen LogP contribution < -0.4 is 4.90 Å². The summed E-state index contributed by atoms with van der Waals surface area (Å²) >= 11 is 8.37. The second kappa shape index (κ2) is 5.75. The standard InChI is InChI=1S/C16H13NOS3/c1-10-3-5-12(6-4-10)17-15(18)14(21-16(17)19)9-13-11(2)7-8-20-13/h3-9H,1-2H3/b14-9-. The average Bonchev–Trinajstić information content (AvgIpc) is 2.97. The van der Waals surface area contributed by atoms with Gasteiger partial charge in [0.15, 0.2) is 4.32 Å². The van der Waals surface area contributed by atoms with E-state index in [1.807, 2.05) is 49.6 Å². The van der Waals surface area contributed by atoms with Gasteiger partial charge in [0.2, 0.25) is 0 Å². The number of carbonyl (C=O) groups is 1. The Labute approximate surface area is 137 Å². The SMILES string of the molecule is Cc1ccc(N2C(=O)/C(=C/c3sccc3C)SC2=S)cc1. The Morgan fingerprint density at radius 2 is 1.86 bits per heavy atom. The summed E-state index contributed by atoms with van der Waals surface area (Å²) in [5.41, 5.74) is 3.17. The number of amides is 1. The highest BCUT2D eigenvalue weighted by Gasteiger charge is 2.33. The predicted octanol–water partition coefficient (Wildman–Crippen LogP) is 4.77. The molecule has 0 N–H and O–H groups in total. The number of thiocarbonyl (C=S) groups is 1. The van der Waals surface area contributed by atoms with E-state index in [1.54, 1.807) is 16.2 Å². The third-order valence-electron chi connectivity index (χ3n) is 3.25. The second-order valence-corrected chi connectivity index (χ2v) is 7.44. The van der Waals surface area contributed by atoms with Gasteiger partial charge in [-0.3, -0.25) is 9.69 Å². The quantitative estimate of drug-likeness (QED) is 0.584. The summed E-state index contributed by atoms with van der Waals surface area (Å²) in [4.78, 5) is 16.0. The highest BCUT2D eigenvalue weighted by Crippen LogP contribution is 2.36. The van der Waals surface area contributed by atoms with Crippen molar-refractivity contribution in [3.8, 4) is 0 Å². The lowest BCUT2D eigenvalue weighted by Crippen LogP contribution is -2.27. The summed E-state index contributed by atoms with van der Waals surface area (Å²) in [5, 5.41) is 2.03. The minimum absolute atomic E-state index is 0.0401. The molecule has 0 aliphatic carbocycles. The molecule has 1 aromatic carbocycles. The molecule has 2 aromatic rings. The zero-order valence-corrected chi connectivity index (χ0v) is 14.1. The lowest BCUT2D eigenvalue weighted by atomic mass is 10.2. The van der Waals surface area contributed by atoms with Crippen molar-refractivity contribution >= 4 is 57.3 Å². The number of thiophene rings is 1. The molecule has 0 unspecified atom stereocenters. The van der Waals surface area contributed by atoms with Crippen molar-refractivity contribution < 1.29 is 4.79 Å². The van der Waals surface area contributed by atoms with E-state index in [-0.39, 0.29) is 5.91 Å². The molecule has 1 aromatic heterocycles. The van der Waals surface area contributed by atoms with E-state index in [0.29, 0.717) is 9.23 Å². The maximum atomic E-state index is 12.6. The van der Waals surface area contributed by atoms with Crippen molar-refractivity contribution in [2.75, 3.05) is 4.90 Å². The molecule has 0 saturated carbocycles. The van der Waals surface area contributed by atoms with Gasteiger partial charge in [-0.2, -0.15) is 0 Å². The maximum Gasteiger partial charge on any atom is 0.270 e. The largest absolute Gasteiger partial charge is 0.270 e. The van der Waals surface area contributed by atoms with Gasteiger partial charge < -0.3 is 0 Å². The van der Waals surface area contributed by atoms with Crippen LogP contribution in [0.1, 0.15) is 16.0 Å². The van der Waals surface area contributed by atoms with Crippen LogP contribution in [0.3, 0.4) is 0 Å². The summed E-state index contributed by atoms with van der Waals surface area (Å²) in [7, 11) is 0. The molecule has 106 valence electrons. The van der Waals surface area contributed by atoms with E-state index >= 15 is 0 Å². The minimum atomic E-state index is -0.0401.